The number of nitrogens with zero attached hydrogens (tertiary/aromatic N) is 1. The van der Waals surface area contributed by atoms with Crippen molar-refractivity contribution in [2.24, 2.45) is 0 Å². The fourth-order valence-electron chi connectivity index (χ4n) is 3.47. The molecule has 2 heterocycles. The van der Waals surface area contributed by atoms with E-state index in [1.54, 1.807) is 48.5 Å². The highest BCUT2D eigenvalue weighted by molar-refractivity contribution is 6.46. The van der Waals surface area contributed by atoms with Crippen molar-refractivity contribution in [3.8, 4) is 0 Å². The number of benzene rings is 2. The molecule has 1 aromatic heterocycles. The van der Waals surface area contributed by atoms with Crippen molar-refractivity contribution in [3.05, 3.63) is 100.0 Å². The normalized spacial score (nSPS) is 18.4. The molecule has 1 aliphatic rings. The molecule has 0 aliphatic carbocycles. The summed E-state index contributed by atoms with van der Waals surface area (Å²) in [5, 5.41) is 11.5. The lowest BCUT2D eigenvalue weighted by Crippen LogP contribution is -2.29. The summed E-state index contributed by atoms with van der Waals surface area (Å²) in [6, 6.07) is 16.7. The summed E-state index contributed by atoms with van der Waals surface area (Å²) in [5.74, 6) is -1.07. The number of ketones is 1. The molecule has 1 aliphatic heterocycles. The van der Waals surface area contributed by atoms with Crippen LogP contribution in [0.4, 0.5) is 0 Å². The maximum atomic E-state index is 12.9. The first-order valence-electron chi connectivity index (χ1n) is 9.09. The van der Waals surface area contributed by atoms with Crippen LogP contribution in [0.1, 0.15) is 28.5 Å². The van der Waals surface area contributed by atoms with Gasteiger partial charge in [0.15, 0.2) is 0 Å². The number of carbonyl (C=O) groups is 2. The number of hydrogen-bond donors (Lipinski definition) is 1. The molecule has 1 saturated heterocycles. The van der Waals surface area contributed by atoms with Gasteiger partial charge in [-0.2, -0.15) is 0 Å². The van der Waals surface area contributed by atoms with Crippen molar-refractivity contribution >= 4 is 29.1 Å². The maximum absolute atomic E-state index is 12.9. The van der Waals surface area contributed by atoms with Crippen LogP contribution in [0.15, 0.2) is 76.9 Å². The Bertz CT molecular complexity index is 1080. The van der Waals surface area contributed by atoms with Gasteiger partial charge in [-0.3, -0.25) is 9.59 Å². The van der Waals surface area contributed by atoms with Crippen LogP contribution >= 0.6 is 11.6 Å². The lowest BCUT2D eigenvalue weighted by molar-refractivity contribution is -0.140. The molecule has 0 radical (unpaired) electrons. The highest BCUT2D eigenvalue weighted by Crippen LogP contribution is 2.40. The van der Waals surface area contributed by atoms with Gasteiger partial charge in [-0.15, -0.1) is 0 Å². The van der Waals surface area contributed by atoms with Crippen molar-refractivity contribution in [3.63, 3.8) is 0 Å². The van der Waals surface area contributed by atoms with Crippen LogP contribution in [0.25, 0.3) is 5.76 Å². The third-order valence-electron chi connectivity index (χ3n) is 4.96. The molecule has 29 heavy (non-hydrogen) atoms. The molecule has 146 valence electrons. The zero-order chi connectivity index (χ0) is 20.5. The van der Waals surface area contributed by atoms with Crippen molar-refractivity contribution in [1.82, 2.24) is 4.90 Å². The van der Waals surface area contributed by atoms with E-state index in [0.717, 1.165) is 5.56 Å². The Morgan fingerprint density at radius 2 is 1.76 bits per heavy atom. The van der Waals surface area contributed by atoms with Crippen molar-refractivity contribution in [2.75, 3.05) is 0 Å². The number of aliphatic hydroxyl groups is 1. The van der Waals surface area contributed by atoms with E-state index in [0.29, 0.717) is 21.9 Å². The fraction of sp³-hybridized carbons (Fsp3) is 0.130. The number of aliphatic hydroxyl groups excluding tert-OH is 1. The predicted octanol–water partition coefficient (Wildman–Crippen LogP) is 4.86. The zero-order valence-corrected chi connectivity index (χ0v) is 16.4. The summed E-state index contributed by atoms with van der Waals surface area (Å²) < 4.78 is 5.37. The van der Waals surface area contributed by atoms with Crippen LogP contribution < -0.4 is 0 Å². The first kappa shape index (κ1) is 19.0. The molecule has 0 unspecified atom stereocenters. The fourth-order valence-corrected chi connectivity index (χ4v) is 3.60. The van der Waals surface area contributed by atoms with Gasteiger partial charge in [0.1, 0.15) is 11.5 Å². The molecule has 1 amide bonds. The van der Waals surface area contributed by atoms with Crippen LogP contribution in [-0.2, 0) is 16.1 Å². The van der Waals surface area contributed by atoms with E-state index in [4.69, 9.17) is 16.0 Å². The number of amides is 1. The summed E-state index contributed by atoms with van der Waals surface area (Å²) in [6.45, 7) is 2.04. The minimum absolute atomic E-state index is 0.0488. The number of Topliss-reactive ketones (excluding diaryl/α,β-unsaturated/α-hetero) is 1. The Hall–Kier alpha value is -3.31. The molecule has 5 nitrogen and oxygen atoms in total. The Labute approximate surface area is 172 Å². The lowest BCUT2D eigenvalue weighted by Gasteiger charge is -2.24. The van der Waals surface area contributed by atoms with Gasteiger partial charge >= 0.3 is 0 Å². The molecule has 4 rings (SSSR count). The van der Waals surface area contributed by atoms with Crippen LogP contribution in [0, 0.1) is 6.92 Å². The topological polar surface area (TPSA) is 70.8 Å². The molecule has 1 atom stereocenters. The first-order chi connectivity index (χ1) is 14.0. The minimum Gasteiger partial charge on any atom is -0.507 e. The number of hydrogen-bond acceptors (Lipinski definition) is 4. The average molecular weight is 408 g/mol. The monoisotopic (exact) mass is 407 g/mol. The van der Waals surface area contributed by atoms with Crippen LogP contribution in [-0.4, -0.2) is 21.7 Å². The van der Waals surface area contributed by atoms with Gasteiger partial charge in [-0.25, -0.2) is 0 Å². The number of rotatable bonds is 4. The van der Waals surface area contributed by atoms with E-state index in [1.807, 2.05) is 19.1 Å². The third kappa shape index (κ3) is 3.57. The number of aryl methyl sites for hydroxylation is 1. The van der Waals surface area contributed by atoms with E-state index < -0.39 is 17.7 Å². The van der Waals surface area contributed by atoms with Gasteiger partial charge in [0.25, 0.3) is 11.7 Å². The number of furan rings is 1. The Balaban J connectivity index is 1.86. The predicted molar refractivity (Wildman–Crippen MR) is 109 cm³/mol. The maximum Gasteiger partial charge on any atom is 0.296 e. The summed E-state index contributed by atoms with van der Waals surface area (Å²) in [4.78, 5) is 27.2. The van der Waals surface area contributed by atoms with E-state index in [9.17, 15) is 14.7 Å². The van der Waals surface area contributed by atoms with Crippen molar-refractivity contribution in [1.29, 1.82) is 0 Å². The summed E-state index contributed by atoms with van der Waals surface area (Å²) in [5.41, 5.74) is 2.22. The Morgan fingerprint density at radius 3 is 2.38 bits per heavy atom. The summed E-state index contributed by atoms with van der Waals surface area (Å²) in [6.07, 6.45) is 1.51. The van der Waals surface area contributed by atoms with Gasteiger partial charge in [-0.1, -0.05) is 53.6 Å². The van der Waals surface area contributed by atoms with Gasteiger partial charge in [-0.05, 0) is 36.8 Å². The number of halogens is 1. The summed E-state index contributed by atoms with van der Waals surface area (Å²) >= 11 is 6.01. The quantitative estimate of drug-likeness (QED) is 0.381. The number of likely N-dealkylation sites (tertiary alicyclic amines) is 1. The van der Waals surface area contributed by atoms with Gasteiger partial charge in [0.05, 0.1) is 24.4 Å². The van der Waals surface area contributed by atoms with Gasteiger partial charge < -0.3 is 14.4 Å². The van der Waals surface area contributed by atoms with Gasteiger partial charge in [0, 0.05) is 10.6 Å². The highest BCUT2D eigenvalue weighted by atomic mass is 35.5. The van der Waals surface area contributed by atoms with Crippen LogP contribution in [0.2, 0.25) is 5.02 Å². The van der Waals surface area contributed by atoms with Gasteiger partial charge in [0.2, 0.25) is 0 Å². The molecule has 3 aromatic rings. The van der Waals surface area contributed by atoms with Crippen molar-refractivity contribution in [2.45, 2.75) is 19.5 Å². The molecular weight excluding hydrogens is 390 g/mol. The van der Waals surface area contributed by atoms with E-state index >= 15 is 0 Å². The Morgan fingerprint density at radius 1 is 1.07 bits per heavy atom. The van der Waals surface area contributed by atoms with E-state index in [-0.39, 0.29) is 17.9 Å². The molecular formula is C23H18ClNO4. The second-order valence-electron chi connectivity index (χ2n) is 6.92. The average Bonchev–Trinajstić information content (AvgIpc) is 3.31. The molecule has 2 aromatic carbocycles. The molecule has 0 saturated carbocycles. The smallest absolute Gasteiger partial charge is 0.296 e. The number of carbonyl (C=O) groups excluding carboxylic acids is 2. The second-order valence-corrected chi connectivity index (χ2v) is 7.36. The highest BCUT2D eigenvalue weighted by Gasteiger charge is 2.46. The van der Waals surface area contributed by atoms with Crippen molar-refractivity contribution < 1.29 is 19.1 Å². The lowest BCUT2D eigenvalue weighted by atomic mass is 9.95. The molecule has 0 bridgehead atoms. The minimum atomic E-state index is -0.751. The SMILES string of the molecule is Cc1ccc(/C(O)=C2\C(=O)C(=O)N(Cc3ccco3)[C@@H]2c2ccc(Cl)cc2)cc1. The summed E-state index contributed by atoms with van der Waals surface area (Å²) in [7, 11) is 0. The van der Waals surface area contributed by atoms with E-state index in [2.05, 4.69) is 0 Å². The van der Waals surface area contributed by atoms with Crippen LogP contribution in [0.3, 0.4) is 0 Å². The third-order valence-corrected chi connectivity index (χ3v) is 5.21. The molecule has 6 heteroatoms. The molecule has 1 fully saturated rings. The standard InChI is InChI=1S/C23H18ClNO4/c1-14-4-6-16(7-5-14)21(26)19-20(15-8-10-17(24)11-9-15)25(23(28)22(19)27)13-18-3-2-12-29-18/h2-12,20,26H,13H2,1H3/b21-19+/t20-/m1/s1. The molecule has 0 spiro atoms. The second kappa shape index (κ2) is 7.60. The van der Waals surface area contributed by atoms with E-state index in [1.165, 1.54) is 11.2 Å². The largest absolute Gasteiger partial charge is 0.507 e. The Kier molecular flexibility index (Phi) is 4.99. The molecule has 1 N–H and O–H groups in total. The van der Waals surface area contributed by atoms with Crippen LogP contribution in [0.5, 0.6) is 0 Å². The zero-order valence-electron chi connectivity index (χ0n) is 15.6. The first-order valence-corrected chi connectivity index (χ1v) is 9.47.